The molecular formula is C77H142O6. The van der Waals surface area contributed by atoms with Crippen molar-refractivity contribution >= 4 is 17.9 Å². The minimum atomic E-state index is -0.781. The highest BCUT2D eigenvalue weighted by atomic mass is 16.6. The quantitative estimate of drug-likeness (QED) is 0.0261. The van der Waals surface area contributed by atoms with E-state index in [0.717, 1.165) is 83.5 Å². The largest absolute Gasteiger partial charge is 0.462 e. The van der Waals surface area contributed by atoms with Crippen molar-refractivity contribution in [3.8, 4) is 0 Å². The molecular weight excluding hydrogens is 1020 g/mol. The summed E-state index contributed by atoms with van der Waals surface area (Å²) in [4.78, 5) is 38.4. The molecule has 0 amide bonds. The lowest BCUT2D eigenvalue weighted by Crippen LogP contribution is -2.30. The van der Waals surface area contributed by atoms with Gasteiger partial charge >= 0.3 is 17.9 Å². The van der Waals surface area contributed by atoms with Crippen molar-refractivity contribution in [3.05, 3.63) is 48.6 Å². The molecule has 0 saturated carbocycles. The molecule has 0 fully saturated rings. The smallest absolute Gasteiger partial charge is 0.306 e. The number of ether oxygens (including phenoxy) is 3. The van der Waals surface area contributed by atoms with E-state index in [1.807, 2.05) is 0 Å². The Morgan fingerprint density at radius 1 is 0.241 bits per heavy atom. The Labute approximate surface area is 518 Å². The number of carbonyl (C=O) groups excluding carboxylic acids is 3. The Kier molecular flexibility index (Phi) is 69.6. The van der Waals surface area contributed by atoms with Gasteiger partial charge in [0.2, 0.25) is 0 Å². The first kappa shape index (κ1) is 80.4. The molecule has 0 saturated heterocycles. The number of carbonyl (C=O) groups is 3. The summed E-state index contributed by atoms with van der Waals surface area (Å²) < 4.78 is 17.0. The molecule has 0 rings (SSSR count). The predicted octanol–water partition coefficient (Wildman–Crippen LogP) is 25.7. The van der Waals surface area contributed by atoms with Crippen LogP contribution < -0.4 is 0 Å². The zero-order valence-electron chi connectivity index (χ0n) is 56.0. The summed E-state index contributed by atoms with van der Waals surface area (Å²) in [6.45, 7) is 6.63. The summed E-state index contributed by atoms with van der Waals surface area (Å²) in [5, 5.41) is 0. The van der Waals surface area contributed by atoms with Gasteiger partial charge in [0.1, 0.15) is 13.2 Å². The lowest BCUT2D eigenvalue weighted by Gasteiger charge is -2.18. The van der Waals surface area contributed by atoms with Crippen LogP contribution in [0.5, 0.6) is 0 Å². The van der Waals surface area contributed by atoms with Crippen LogP contribution in [0.25, 0.3) is 0 Å². The Bertz CT molecular complexity index is 1430. The summed E-state index contributed by atoms with van der Waals surface area (Å²) in [5.41, 5.74) is 0. The molecule has 0 aromatic rings. The Balaban J connectivity index is 4.15. The molecule has 0 aliphatic rings. The minimum Gasteiger partial charge on any atom is -0.462 e. The van der Waals surface area contributed by atoms with Crippen molar-refractivity contribution < 1.29 is 28.6 Å². The minimum absolute atomic E-state index is 0.0755. The van der Waals surface area contributed by atoms with Gasteiger partial charge in [-0.15, -0.1) is 0 Å². The molecule has 0 heterocycles. The third-order valence-electron chi connectivity index (χ3n) is 16.8. The van der Waals surface area contributed by atoms with Crippen LogP contribution in [0.4, 0.5) is 0 Å². The standard InChI is InChI=1S/C77H142O6/c1-4-7-10-13-16-19-22-25-28-30-32-33-34-35-36-37-38-39-40-41-42-43-44-46-47-49-52-55-58-61-64-67-70-76(79)82-73-74(72-81-75(78)69-66-63-60-57-54-51-27-24-21-18-15-12-9-6-3)83-77(80)71-68-65-62-59-56-53-50-48-45-31-29-26-23-20-17-14-11-8-5-2/h15,17-18,20,24,26-27,29,74H,4-14,16,19,21-23,25,28,30-73H2,1-3H3/b18-15-,20-17-,27-24-,29-26-. The fourth-order valence-electron chi connectivity index (χ4n) is 11.2. The average molecular weight is 1160 g/mol. The SMILES string of the molecule is CCCC/C=C\C/C=C\CCCCCCCC(=O)OCC(COC(=O)CCCCCCCCCCCCCCCCCCCCCCCCCCCCCCCCCC)OC(=O)CCCCCCCCCCC/C=C\C/C=C\CCCCC. The summed E-state index contributed by atoms with van der Waals surface area (Å²) in [5.74, 6) is -0.869. The van der Waals surface area contributed by atoms with Gasteiger partial charge in [-0.2, -0.15) is 0 Å². The molecule has 1 atom stereocenters. The van der Waals surface area contributed by atoms with Crippen LogP contribution in [0.2, 0.25) is 0 Å². The highest BCUT2D eigenvalue weighted by Gasteiger charge is 2.19. The van der Waals surface area contributed by atoms with Crippen LogP contribution in [0, 0.1) is 0 Å². The molecule has 0 bridgehead atoms. The van der Waals surface area contributed by atoms with Crippen molar-refractivity contribution in [1.82, 2.24) is 0 Å². The summed E-state index contributed by atoms with van der Waals surface area (Å²) in [6.07, 6.45) is 91.6. The van der Waals surface area contributed by atoms with E-state index in [-0.39, 0.29) is 31.1 Å². The normalized spacial score (nSPS) is 12.3. The highest BCUT2D eigenvalue weighted by Crippen LogP contribution is 2.19. The third kappa shape index (κ3) is 70.0. The second-order valence-electron chi connectivity index (χ2n) is 25.2. The van der Waals surface area contributed by atoms with Crippen molar-refractivity contribution in [2.75, 3.05) is 13.2 Å². The van der Waals surface area contributed by atoms with Gasteiger partial charge in [0, 0.05) is 19.3 Å². The van der Waals surface area contributed by atoms with E-state index in [2.05, 4.69) is 69.4 Å². The van der Waals surface area contributed by atoms with Gasteiger partial charge in [-0.05, 0) is 77.0 Å². The molecule has 0 spiro atoms. The van der Waals surface area contributed by atoms with E-state index in [9.17, 15) is 14.4 Å². The maximum atomic E-state index is 12.9. The van der Waals surface area contributed by atoms with Gasteiger partial charge in [0.15, 0.2) is 6.10 Å². The second kappa shape index (κ2) is 71.8. The fourth-order valence-corrected chi connectivity index (χ4v) is 11.2. The van der Waals surface area contributed by atoms with Crippen LogP contribution in [-0.4, -0.2) is 37.2 Å². The first-order chi connectivity index (χ1) is 41.0. The molecule has 0 N–H and O–H groups in total. The van der Waals surface area contributed by atoms with Crippen molar-refractivity contribution in [3.63, 3.8) is 0 Å². The fraction of sp³-hybridized carbons (Fsp3) is 0.857. The topological polar surface area (TPSA) is 78.9 Å². The summed E-state index contributed by atoms with van der Waals surface area (Å²) >= 11 is 0. The number of esters is 3. The van der Waals surface area contributed by atoms with E-state index in [1.54, 1.807) is 0 Å². The maximum absolute atomic E-state index is 12.9. The van der Waals surface area contributed by atoms with Crippen molar-refractivity contribution in [1.29, 1.82) is 0 Å². The molecule has 83 heavy (non-hydrogen) atoms. The zero-order valence-corrected chi connectivity index (χ0v) is 56.0. The molecule has 0 aliphatic carbocycles. The van der Waals surface area contributed by atoms with E-state index in [4.69, 9.17) is 14.2 Å². The van der Waals surface area contributed by atoms with Gasteiger partial charge in [0.05, 0.1) is 0 Å². The molecule has 6 heteroatoms. The molecule has 6 nitrogen and oxygen atoms in total. The van der Waals surface area contributed by atoms with Gasteiger partial charge in [-0.1, -0.05) is 358 Å². The van der Waals surface area contributed by atoms with E-state index >= 15 is 0 Å². The molecule has 0 aliphatic heterocycles. The number of rotatable bonds is 69. The van der Waals surface area contributed by atoms with Gasteiger partial charge in [-0.25, -0.2) is 0 Å². The summed E-state index contributed by atoms with van der Waals surface area (Å²) in [7, 11) is 0. The van der Waals surface area contributed by atoms with Crippen LogP contribution in [-0.2, 0) is 28.6 Å². The van der Waals surface area contributed by atoms with E-state index in [0.29, 0.717) is 19.3 Å². The highest BCUT2D eigenvalue weighted by molar-refractivity contribution is 5.71. The molecule has 0 aromatic heterocycles. The predicted molar refractivity (Wildman–Crippen MR) is 362 cm³/mol. The molecule has 1 unspecified atom stereocenters. The molecule has 0 aromatic carbocycles. The van der Waals surface area contributed by atoms with Crippen molar-refractivity contribution in [2.45, 2.75) is 412 Å². The van der Waals surface area contributed by atoms with E-state index < -0.39 is 6.10 Å². The third-order valence-corrected chi connectivity index (χ3v) is 16.8. The van der Waals surface area contributed by atoms with Crippen LogP contribution in [0.3, 0.4) is 0 Å². The lowest BCUT2D eigenvalue weighted by atomic mass is 10.0. The van der Waals surface area contributed by atoms with Gasteiger partial charge < -0.3 is 14.2 Å². The number of allylic oxidation sites excluding steroid dienone is 8. The van der Waals surface area contributed by atoms with Gasteiger partial charge in [0.25, 0.3) is 0 Å². The number of unbranched alkanes of at least 4 members (excludes halogenated alkanes) is 50. The van der Waals surface area contributed by atoms with Crippen molar-refractivity contribution in [2.24, 2.45) is 0 Å². The average Bonchev–Trinajstić information content (AvgIpc) is 3.49. The van der Waals surface area contributed by atoms with Crippen LogP contribution >= 0.6 is 0 Å². The Morgan fingerprint density at radius 2 is 0.446 bits per heavy atom. The second-order valence-corrected chi connectivity index (χ2v) is 25.2. The monoisotopic (exact) mass is 1160 g/mol. The van der Waals surface area contributed by atoms with E-state index in [1.165, 1.54) is 283 Å². The number of hydrogen-bond donors (Lipinski definition) is 0. The first-order valence-electron chi connectivity index (χ1n) is 37.1. The maximum Gasteiger partial charge on any atom is 0.306 e. The number of hydrogen-bond acceptors (Lipinski definition) is 6. The van der Waals surface area contributed by atoms with Crippen LogP contribution in [0.15, 0.2) is 48.6 Å². The molecule has 486 valence electrons. The van der Waals surface area contributed by atoms with Crippen LogP contribution in [0.1, 0.15) is 406 Å². The van der Waals surface area contributed by atoms with Gasteiger partial charge in [-0.3, -0.25) is 14.4 Å². The Hall–Kier alpha value is -2.63. The lowest BCUT2D eigenvalue weighted by molar-refractivity contribution is -0.167. The Morgan fingerprint density at radius 3 is 0.723 bits per heavy atom. The zero-order chi connectivity index (χ0) is 59.9. The molecule has 0 radical (unpaired) electrons. The summed E-state index contributed by atoms with van der Waals surface area (Å²) in [6, 6.07) is 0. The first-order valence-corrected chi connectivity index (χ1v) is 37.1.